The Morgan fingerprint density at radius 3 is 2.71 bits per heavy atom. The molecule has 3 nitrogen and oxygen atoms in total. The molecule has 1 amide bonds. The number of rotatable bonds is 5. The minimum Gasteiger partial charge on any atom is -0.342 e. The number of carbonyl (C=O) groups is 2. The van der Waals surface area contributed by atoms with Gasteiger partial charge in [-0.05, 0) is 13.3 Å². The van der Waals surface area contributed by atoms with Crippen LogP contribution in [0.2, 0.25) is 0 Å². The second-order valence-electron chi connectivity index (χ2n) is 4.06. The lowest BCUT2D eigenvalue weighted by atomic mass is 10.1. The molecule has 1 rings (SSSR count). The van der Waals surface area contributed by atoms with Crippen molar-refractivity contribution in [3.63, 3.8) is 0 Å². The van der Waals surface area contributed by atoms with Crippen LogP contribution in [0.1, 0.15) is 39.5 Å². The molecule has 0 aromatic heterocycles. The van der Waals surface area contributed by atoms with Gasteiger partial charge in [0.15, 0.2) is 0 Å². The predicted octanol–water partition coefficient (Wildman–Crippen LogP) is 1.61. The fourth-order valence-corrected chi connectivity index (χ4v) is 1.81. The molecular weight excluding hydrogens is 178 g/mol. The van der Waals surface area contributed by atoms with Crippen molar-refractivity contribution in [1.82, 2.24) is 4.90 Å². The normalized spacial score (nSPS) is 21.7. The highest BCUT2D eigenvalue weighted by atomic mass is 16.2. The first-order valence-corrected chi connectivity index (χ1v) is 5.43. The molecule has 0 aromatic rings. The van der Waals surface area contributed by atoms with Gasteiger partial charge in [-0.1, -0.05) is 19.8 Å². The van der Waals surface area contributed by atoms with E-state index in [0.717, 1.165) is 25.8 Å². The van der Waals surface area contributed by atoms with Crippen molar-refractivity contribution in [2.75, 3.05) is 13.1 Å². The van der Waals surface area contributed by atoms with Crippen molar-refractivity contribution in [1.29, 1.82) is 0 Å². The number of amides is 1. The van der Waals surface area contributed by atoms with Crippen LogP contribution in [0.3, 0.4) is 0 Å². The number of hydrogen-bond donors (Lipinski definition) is 0. The molecule has 0 aliphatic carbocycles. The van der Waals surface area contributed by atoms with Gasteiger partial charge in [-0.15, -0.1) is 0 Å². The van der Waals surface area contributed by atoms with Crippen LogP contribution < -0.4 is 0 Å². The van der Waals surface area contributed by atoms with E-state index in [0.29, 0.717) is 13.0 Å². The van der Waals surface area contributed by atoms with E-state index < -0.39 is 0 Å². The summed E-state index contributed by atoms with van der Waals surface area (Å²) >= 11 is 0. The van der Waals surface area contributed by atoms with Crippen LogP contribution >= 0.6 is 0 Å². The Balaban J connectivity index is 2.33. The predicted molar refractivity (Wildman–Crippen MR) is 54.9 cm³/mol. The minimum absolute atomic E-state index is 0.0378. The molecule has 1 saturated heterocycles. The number of unbranched alkanes of at least 4 members (excludes halogenated alkanes) is 2. The monoisotopic (exact) mass is 197 g/mol. The molecule has 1 fully saturated rings. The molecular formula is C11H19NO2. The van der Waals surface area contributed by atoms with Crippen molar-refractivity contribution >= 4 is 11.7 Å². The van der Waals surface area contributed by atoms with Crippen molar-refractivity contribution in [2.45, 2.75) is 39.5 Å². The first-order valence-electron chi connectivity index (χ1n) is 5.43. The maximum absolute atomic E-state index is 11.5. The lowest BCUT2D eigenvalue weighted by Crippen LogP contribution is -2.27. The Morgan fingerprint density at radius 2 is 2.21 bits per heavy atom. The zero-order chi connectivity index (χ0) is 10.6. The van der Waals surface area contributed by atoms with E-state index in [-0.39, 0.29) is 17.6 Å². The summed E-state index contributed by atoms with van der Waals surface area (Å²) in [6.45, 7) is 5.20. The SMILES string of the molecule is CCCCCN1CC(C(C)=O)CC1=O. The third-order valence-corrected chi connectivity index (χ3v) is 2.82. The van der Waals surface area contributed by atoms with Gasteiger partial charge in [0.25, 0.3) is 0 Å². The van der Waals surface area contributed by atoms with E-state index in [4.69, 9.17) is 0 Å². The fourth-order valence-electron chi connectivity index (χ4n) is 1.81. The second kappa shape index (κ2) is 5.13. The Labute approximate surface area is 85.5 Å². The number of ketones is 1. The van der Waals surface area contributed by atoms with Crippen LogP contribution in [0.25, 0.3) is 0 Å². The topological polar surface area (TPSA) is 37.4 Å². The molecule has 3 heteroatoms. The largest absolute Gasteiger partial charge is 0.342 e. The molecule has 1 aliphatic rings. The standard InChI is InChI=1S/C11H19NO2/c1-3-4-5-6-12-8-10(9(2)13)7-11(12)14/h10H,3-8H2,1-2H3. The molecule has 0 bridgehead atoms. The molecule has 0 N–H and O–H groups in total. The summed E-state index contributed by atoms with van der Waals surface area (Å²) in [6, 6.07) is 0. The summed E-state index contributed by atoms with van der Waals surface area (Å²) in [5.74, 6) is 0.266. The quantitative estimate of drug-likeness (QED) is 0.628. The third-order valence-electron chi connectivity index (χ3n) is 2.82. The average Bonchev–Trinajstić information content (AvgIpc) is 2.49. The van der Waals surface area contributed by atoms with Crippen LogP contribution in [0, 0.1) is 5.92 Å². The lowest BCUT2D eigenvalue weighted by Gasteiger charge is -2.15. The molecule has 0 spiro atoms. The highest BCUT2D eigenvalue weighted by Crippen LogP contribution is 2.18. The first kappa shape index (κ1) is 11.2. The molecule has 14 heavy (non-hydrogen) atoms. The second-order valence-corrected chi connectivity index (χ2v) is 4.06. The molecule has 1 heterocycles. The zero-order valence-electron chi connectivity index (χ0n) is 9.08. The summed E-state index contributed by atoms with van der Waals surface area (Å²) in [4.78, 5) is 24.4. The van der Waals surface area contributed by atoms with Crippen LogP contribution in [0.4, 0.5) is 0 Å². The Bertz CT molecular complexity index is 225. The van der Waals surface area contributed by atoms with Gasteiger partial charge in [-0.3, -0.25) is 9.59 Å². The zero-order valence-corrected chi connectivity index (χ0v) is 9.08. The van der Waals surface area contributed by atoms with E-state index in [1.165, 1.54) is 0 Å². The van der Waals surface area contributed by atoms with Gasteiger partial charge in [0, 0.05) is 25.4 Å². The van der Waals surface area contributed by atoms with E-state index >= 15 is 0 Å². The molecule has 0 saturated carbocycles. The minimum atomic E-state index is -0.0378. The molecule has 1 aliphatic heterocycles. The fraction of sp³-hybridized carbons (Fsp3) is 0.818. The lowest BCUT2D eigenvalue weighted by molar-refractivity contribution is -0.128. The van der Waals surface area contributed by atoms with Crippen molar-refractivity contribution in [2.24, 2.45) is 5.92 Å². The average molecular weight is 197 g/mol. The smallest absolute Gasteiger partial charge is 0.223 e. The number of carbonyl (C=O) groups excluding carboxylic acids is 2. The summed E-state index contributed by atoms with van der Waals surface area (Å²) in [6.07, 6.45) is 3.82. The van der Waals surface area contributed by atoms with Gasteiger partial charge >= 0.3 is 0 Å². The van der Waals surface area contributed by atoms with Crippen LogP contribution in [0.15, 0.2) is 0 Å². The Hall–Kier alpha value is -0.860. The maximum atomic E-state index is 11.5. The summed E-state index contributed by atoms with van der Waals surface area (Å²) < 4.78 is 0. The maximum Gasteiger partial charge on any atom is 0.223 e. The summed E-state index contributed by atoms with van der Waals surface area (Å²) in [7, 11) is 0. The van der Waals surface area contributed by atoms with Gasteiger partial charge in [-0.25, -0.2) is 0 Å². The molecule has 0 aromatic carbocycles. The van der Waals surface area contributed by atoms with Crippen LogP contribution in [-0.4, -0.2) is 29.7 Å². The highest BCUT2D eigenvalue weighted by molar-refractivity contribution is 5.89. The van der Waals surface area contributed by atoms with Crippen molar-refractivity contribution < 1.29 is 9.59 Å². The number of hydrogen-bond acceptors (Lipinski definition) is 2. The van der Waals surface area contributed by atoms with Gasteiger partial charge in [0.1, 0.15) is 5.78 Å². The third kappa shape index (κ3) is 2.82. The number of Topliss-reactive ketones (excluding diaryl/α,β-unsaturated/α-hetero) is 1. The first-order chi connectivity index (χ1) is 6.65. The summed E-state index contributed by atoms with van der Waals surface area (Å²) in [5, 5.41) is 0. The molecule has 1 atom stereocenters. The van der Waals surface area contributed by atoms with E-state index in [9.17, 15) is 9.59 Å². The van der Waals surface area contributed by atoms with Crippen molar-refractivity contribution in [3.05, 3.63) is 0 Å². The number of nitrogens with zero attached hydrogens (tertiary/aromatic N) is 1. The Kier molecular flexibility index (Phi) is 4.11. The number of likely N-dealkylation sites (tertiary alicyclic amines) is 1. The van der Waals surface area contributed by atoms with Gasteiger partial charge < -0.3 is 4.90 Å². The van der Waals surface area contributed by atoms with E-state index in [1.807, 2.05) is 4.90 Å². The Morgan fingerprint density at radius 1 is 1.50 bits per heavy atom. The highest BCUT2D eigenvalue weighted by Gasteiger charge is 2.31. The van der Waals surface area contributed by atoms with E-state index in [1.54, 1.807) is 6.92 Å². The summed E-state index contributed by atoms with van der Waals surface area (Å²) in [5.41, 5.74) is 0. The van der Waals surface area contributed by atoms with Gasteiger partial charge in [0.2, 0.25) is 5.91 Å². The van der Waals surface area contributed by atoms with Crippen LogP contribution in [-0.2, 0) is 9.59 Å². The molecule has 0 radical (unpaired) electrons. The molecule has 80 valence electrons. The molecule has 1 unspecified atom stereocenters. The van der Waals surface area contributed by atoms with Gasteiger partial charge in [0.05, 0.1) is 0 Å². The van der Waals surface area contributed by atoms with E-state index in [2.05, 4.69) is 6.92 Å². The van der Waals surface area contributed by atoms with Gasteiger partial charge in [-0.2, -0.15) is 0 Å². The van der Waals surface area contributed by atoms with Crippen molar-refractivity contribution in [3.8, 4) is 0 Å². The van der Waals surface area contributed by atoms with Crippen LogP contribution in [0.5, 0.6) is 0 Å².